The first-order chi connectivity index (χ1) is 8.83. The molecule has 1 aliphatic heterocycles. The molecule has 3 nitrogen and oxygen atoms in total. The lowest BCUT2D eigenvalue weighted by Crippen LogP contribution is -2.03. The van der Waals surface area contributed by atoms with Gasteiger partial charge >= 0.3 is 0 Å². The Morgan fingerprint density at radius 2 is 1.94 bits per heavy atom. The topological polar surface area (TPSA) is 34.5 Å². The molecule has 2 aromatic rings. The van der Waals surface area contributed by atoms with Crippen LogP contribution in [0.15, 0.2) is 53.7 Å². The van der Waals surface area contributed by atoms with Gasteiger partial charge in [-0.15, -0.1) is 0 Å². The molecule has 1 aromatic heterocycles. The summed E-state index contributed by atoms with van der Waals surface area (Å²) in [5.74, 6) is 0.584. The molecule has 0 spiro atoms. The molecule has 0 unspecified atom stereocenters. The molecule has 0 saturated heterocycles. The maximum Gasteiger partial charge on any atom is 0.236 e. The summed E-state index contributed by atoms with van der Waals surface area (Å²) >= 11 is 5.80. The molecule has 4 heteroatoms. The van der Waals surface area contributed by atoms with Gasteiger partial charge in [0, 0.05) is 6.20 Å². The SMILES string of the molecule is Clc1ccc(C2=N[C@H](c3ccccc3)CO2)nc1. The van der Waals surface area contributed by atoms with Crippen LogP contribution in [-0.4, -0.2) is 17.5 Å². The Morgan fingerprint density at radius 3 is 2.67 bits per heavy atom. The molecule has 90 valence electrons. The summed E-state index contributed by atoms with van der Waals surface area (Å²) in [7, 11) is 0. The van der Waals surface area contributed by atoms with Gasteiger partial charge in [0.05, 0.1) is 5.02 Å². The number of halogens is 1. The van der Waals surface area contributed by atoms with Gasteiger partial charge in [0.25, 0.3) is 0 Å². The maximum atomic E-state index is 5.80. The summed E-state index contributed by atoms with van der Waals surface area (Å²) in [4.78, 5) is 8.75. The van der Waals surface area contributed by atoms with Crippen LogP contribution in [0.5, 0.6) is 0 Å². The Kier molecular flexibility index (Phi) is 2.99. The lowest BCUT2D eigenvalue weighted by molar-refractivity contribution is 0.319. The van der Waals surface area contributed by atoms with Gasteiger partial charge < -0.3 is 4.74 Å². The van der Waals surface area contributed by atoms with Crippen molar-refractivity contribution in [2.24, 2.45) is 4.99 Å². The number of ether oxygens (including phenoxy) is 1. The van der Waals surface area contributed by atoms with E-state index in [1.807, 2.05) is 24.3 Å². The largest absolute Gasteiger partial charge is 0.474 e. The minimum Gasteiger partial charge on any atom is -0.474 e. The lowest BCUT2D eigenvalue weighted by atomic mass is 10.1. The van der Waals surface area contributed by atoms with E-state index in [4.69, 9.17) is 16.3 Å². The highest BCUT2D eigenvalue weighted by Gasteiger charge is 2.22. The standard InChI is InChI=1S/C14H11ClN2O/c15-11-6-7-12(16-8-11)14-17-13(9-18-14)10-4-2-1-3-5-10/h1-8,13H,9H2/t13-/m0/s1. The first-order valence-corrected chi connectivity index (χ1v) is 6.08. The van der Waals surface area contributed by atoms with Crippen molar-refractivity contribution in [3.8, 4) is 0 Å². The van der Waals surface area contributed by atoms with Gasteiger partial charge in [-0.25, -0.2) is 9.98 Å². The first-order valence-electron chi connectivity index (χ1n) is 5.70. The zero-order valence-electron chi connectivity index (χ0n) is 9.58. The van der Waals surface area contributed by atoms with E-state index in [-0.39, 0.29) is 6.04 Å². The molecule has 0 aliphatic carbocycles. The van der Waals surface area contributed by atoms with Crippen molar-refractivity contribution in [3.63, 3.8) is 0 Å². The highest BCUT2D eigenvalue weighted by Crippen LogP contribution is 2.24. The fourth-order valence-electron chi connectivity index (χ4n) is 1.86. The number of aliphatic imine (C=N–C) groups is 1. The Bertz CT molecular complexity index is 566. The number of hydrogen-bond donors (Lipinski definition) is 0. The van der Waals surface area contributed by atoms with Gasteiger partial charge in [0.2, 0.25) is 5.90 Å². The van der Waals surface area contributed by atoms with Gasteiger partial charge in [-0.3, -0.25) is 0 Å². The van der Waals surface area contributed by atoms with E-state index in [0.717, 1.165) is 11.3 Å². The Labute approximate surface area is 110 Å². The maximum absolute atomic E-state index is 5.80. The van der Waals surface area contributed by atoms with E-state index in [1.165, 1.54) is 0 Å². The van der Waals surface area contributed by atoms with Crippen molar-refractivity contribution in [3.05, 3.63) is 64.9 Å². The zero-order valence-corrected chi connectivity index (χ0v) is 10.3. The van der Waals surface area contributed by atoms with Crippen molar-refractivity contribution in [1.29, 1.82) is 0 Å². The molecule has 1 aliphatic rings. The predicted octanol–water partition coefficient (Wildman–Crippen LogP) is 3.25. The fourth-order valence-corrected chi connectivity index (χ4v) is 1.97. The molecule has 18 heavy (non-hydrogen) atoms. The Balaban J connectivity index is 1.86. The van der Waals surface area contributed by atoms with Crippen molar-refractivity contribution in [2.75, 3.05) is 6.61 Å². The van der Waals surface area contributed by atoms with Gasteiger partial charge in [0.1, 0.15) is 18.3 Å². The van der Waals surface area contributed by atoms with Crippen LogP contribution in [0, 0.1) is 0 Å². The third-order valence-corrected chi connectivity index (χ3v) is 3.01. The van der Waals surface area contributed by atoms with Gasteiger partial charge in [-0.05, 0) is 17.7 Å². The predicted molar refractivity (Wildman–Crippen MR) is 70.9 cm³/mol. The van der Waals surface area contributed by atoms with Crippen molar-refractivity contribution < 1.29 is 4.74 Å². The third kappa shape index (κ3) is 2.22. The van der Waals surface area contributed by atoms with Crippen LogP contribution < -0.4 is 0 Å². The first kappa shape index (κ1) is 11.2. The van der Waals surface area contributed by atoms with Gasteiger partial charge in [-0.1, -0.05) is 41.9 Å². The number of benzene rings is 1. The van der Waals surface area contributed by atoms with Crippen LogP contribution in [0.4, 0.5) is 0 Å². The minimum atomic E-state index is 0.0543. The second-order valence-corrected chi connectivity index (χ2v) is 4.47. The average molecular weight is 259 g/mol. The van der Waals surface area contributed by atoms with Crippen molar-refractivity contribution in [1.82, 2.24) is 4.98 Å². The smallest absolute Gasteiger partial charge is 0.236 e. The lowest BCUT2D eigenvalue weighted by Gasteiger charge is -2.03. The fraction of sp³-hybridized carbons (Fsp3) is 0.143. The quantitative estimate of drug-likeness (QED) is 0.829. The van der Waals surface area contributed by atoms with Crippen molar-refractivity contribution in [2.45, 2.75) is 6.04 Å². The Morgan fingerprint density at radius 1 is 1.11 bits per heavy atom. The monoisotopic (exact) mass is 258 g/mol. The molecule has 2 heterocycles. The van der Waals surface area contributed by atoms with Crippen LogP contribution in [0.2, 0.25) is 5.02 Å². The molecule has 1 aromatic carbocycles. The molecule has 0 amide bonds. The molecule has 0 radical (unpaired) electrons. The van der Waals surface area contributed by atoms with Crippen LogP contribution >= 0.6 is 11.6 Å². The van der Waals surface area contributed by atoms with E-state index in [1.54, 1.807) is 12.3 Å². The van der Waals surface area contributed by atoms with E-state index in [9.17, 15) is 0 Å². The number of pyridine rings is 1. The third-order valence-electron chi connectivity index (χ3n) is 2.78. The van der Waals surface area contributed by atoms with E-state index in [0.29, 0.717) is 17.5 Å². The number of rotatable bonds is 2. The summed E-state index contributed by atoms with van der Waals surface area (Å²) in [6, 6.07) is 13.8. The van der Waals surface area contributed by atoms with Crippen LogP contribution in [0.1, 0.15) is 17.3 Å². The van der Waals surface area contributed by atoms with E-state index in [2.05, 4.69) is 22.1 Å². The second kappa shape index (κ2) is 4.78. The van der Waals surface area contributed by atoms with Gasteiger partial charge in [0.15, 0.2) is 0 Å². The normalized spacial score (nSPS) is 18.3. The van der Waals surface area contributed by atoms with E-state index >= 15 is 0 Å². The molecular formula is C14H11ClN2O. The van der Waals surface area contributed by atoms with Crippen LogP contribution in [0.25, 0.3) is 0 Å². The second-order valence-electron chi connectivity index (χ2n) is 4.03. The summed E-state index contributed by atoms with van der Waals surface area (Å²) in [6.45, 7) is 0.559. The minimum absolute atomic E-state index is 0.0543. The number of nitrogens with zero attached hydrogens (tertiary/aromatic N) is 2. The zero-order chi connectivity index (χ0) is 12.4. The van der Waals surface area contributed by atoms with Crippen LogP contribution in [-0.2, 0) is 4.74 Å². The molecule has 1 atom stereocenters. The van der Waals surface area contributed by atoms with Crippen LogP contribution in [0.3, 0.4) is 0 Å². The molecule has 0 N–H and O–H groups in total. The van der Waals surface area contributed by atoms with E-state index < -0.39 is 0 Å². The molecular weight excluding hydrogens is 248 g/mol. The molecule has 0 bridgehead atoms. The average Bonchev–Trinajstić information content (AvgIpc) is 2.90. The summed E-state index contributed by atoms with van der Waals surface area (Å²) in [5, 5.41) is 0.608. The van der Waals surface area contributed by atoms with Gasteiger partial charge in [-0.2, -0.15) is 0 Å². The molecule has 0 saturated carbocycles. The molecule has 0 fully saturated rings. The summed E-state index contributed by atoms with van der Waals surface area (Å²) in [5.41, 5.74) is 1.87. The number of hydrogen-bond acceptors (Lipinski definition) is 3. The highest BCUT2D eigenvalue weighted by atomic mass is 35.5. The number of aromatic nitrogens is 1. The highest BCUT2D eigenvalue weighted by molar-refractivity contribution is 6.30. The summed E-state index contributed by atoms with van der Waals surface area (Å²) in [6.07, 6.45) is 1.60. The Hall–Kier alpha value is -1.87. The van der Waals surface area contributed by atoms with Crippen molar-refractivity contribution >= 4 is 17.5 Å². The molecule has 3 rings (SSSR count). The summed E-state index contributed by atoms with van der Waals surface area (Å²) < 4.78 is 5.59.